The van der Waals surface area contributed by atoms with E-state index in [4.69, 9.17) is 15.2 Å². The lowest BCUT2D eigenvalue weighted by atomic mass is 9.82. The highest BCUT2D eigenvalue weighted by molar-refractivity contribution is 6.91. The van der Waals surface area contributed by atoms with Crippen LogP contribution in [0.4, 0.5) is 22.7 Å². The van der Waals surface area contributed by atoms with Gasteiger partial charge < -0.3 is 35.4 Å². The molecular formula is C42H47N5O8Si. The maximum absolute atomic E-state index is 15.3. The molecule has 1 spiro atoms. The Morgan fingerprint density at radius 1 is 1.07 bits per heavy atom. The van der Waals surface area contributed by atoms with E-state index in [2.05, 4.69) is 18.4 Å². The van der Waals surface area contributed by atoms with Gasteiger partial charge in [0.05, 0.1) is 57.5 Å². The molecule has 7 rings (SSSR count). The molecule has 3 heterocycles. The van der Waals surface area contributed by atoms with Crippen LogP contribution >= 0.6 is 0 Å². The number of aliphatic hydroxyl groups is 1. The molecular weight excluding hydrogens is 731 g/mol. The number of hydrogen-bond acceptors (Lipinski definition) is 9. The topological polar surface area (TPSA) is 178 Å². The van der Waals surface area contributed by atoms with Gasteiger partial charge in [-0.3, -0.25) is 24.5 Å². The molecule has 4 aromatic carbocycles. The number of aliphatic hydroxyl groups excluding tert-OH is 1. The van der Waals surface area contributed by atoms with Crippen molar-refractivity contribution in [1.29, 1.82) is 0 Å². The lowest BCUT2D eigenvalue weighted by Gasteiger charge is -2.37. The van der Waals surface area contributed by atoms with Crippen molar-refractivity contribution in [2.75, 3.05) is 36.2 Å². The first-order valence-corrected chi connectivity index (χ1v) is 22.0. The number of hydrogen-bond donors (Lipinski definition) is 3. The van der Waals surface area contributed by atoms with Crippen molar-refractivity contribution >= 4 is 53.7 Å². The lowest BCUT2D eigenvalue weighted by molar-refractivity contribution is -0.385. The van der Waals surface area contributed by atoms with Crippen LogP contribution in [0.15, 0.2) is 91.0 Å². The minimum Gasteiger partial charge on any atom is -0.497 e. The monoisotopic (exact) mass is 777 g/mol. The van der Waals surface area contributed by atoms with E-state index in [1.165, 1.54) is 12.1 Å². The third kappa shape index (κ3) is 6.81. The van der Waals surface area contributed by atoms with Crippen LogP contribution < -0.4 is 25.9 Å². The maximum Gasteiger partial charge on any atom is 0.269 e. The number of anilines is 3. The fraction of sp³-hybridized carbons (Fsp3) is 0.357. The second-order valence-electron chi connectivity index (χ2n) is 15.6. The number of carbonyl (C=O) groups excluding carboxylic acids is 3. The molecule has 0 bridgehead atoms. The van der Waals surface area contributed by atoms with Gasteiger partial charge in [-0.05, 0) is 78.5 Å². The summed E-state index contributed by atoms with van der Waals surface area (Å²) in [5.74, 6) is -0.637. The van der Waals surface area contributed by atoms with Crippen LogP contribution in [0.1, 0.15) is 47.7 Å². The summed E-state index contributed by atoms with van der Waals surface area (Å²) in [6.45, 7) is 6.87. The zero-order valence-electron chi connectivity index (χ0n) is 31.9. The highest BCUT2D eigenvalue weighted by Gasteiger charge is 2.67. The van der Waals surface area contributed by atoms with Crippen LogP contribution in [0, 0.1) is 16.0 Å². The Morgan fingerprint density at radius 3 is 2.48 bits per heavy atom. The first kappa shape index (κ1) is 38.7. The van der Waals surface area contributed by atoms with E-state index in [1.54, 1.807) is 65.4 Å². The molecule has 13 nitrogen and oxygen atoms in total. The number of nitrogens with zero attached hydrogens (tertiary/aromatic N) is 3. The minimum absolute atomic E-state index is 0.00681. The molecule has 56 heavy (non-hydrogen) atoms. The van der Waals surface area contributed by atoms with Crippen molar-refractivity contribution < 1.29 is 33.9 Å². The smallest absolute Gasteiger partial charge is 0.269 e. The second-order valence-corrected chi connectivity index (χ2v) is 20.2. The molecule has 4 aromatic rings. The molecule has 4 N–H and O–H groups in total. The Bertz CT molecular complexity index is 2160. The Balaban J connectivity index is 1.27. The van der Waals surface area contributed by atoms with E-state index in [0.717, 1.165) is 11.6 Å². The van der Waals surface area contributed by atoms with Crippen molar-refractivity contribution in [3.63, 3.8) is 0 Å². The quantitative estimate of drug-likeness (QED) is 0.0760. The molecule has 0 aliphatic carbocycles. The zero-order chi connectivity index (χ0) is 39.9. The fourth-order valence-electron chi connectivity index (χ4n) is 9.18. The van der Waals surface area contributed by atoms with Crippen molar-refractivity contribution in [3.8, 4) is 5.75 Å². The molecule has 2 fully saturated rings. The second kappa shape index (κ2) is 15.2. The molecule has 0 radical (unpaired) electrons. The average molecular weight is 778 g/mol. The van der Waals surface area contributed by atoms with E-state index in [1.807, 2.05) is 37.3 Å². The Morgan fingerprint density at radius 2 is 1.80 bits per heavy atom. The van der Waals surface area contributed by atoms with Gasteiger partial charge in [-0.25, -0.2) is 0 Å². The van der Waals surface area contributed by atoms with E-state index in [-0.39, 0.29) is 54.6 Å². The number of nitrogen functional groups attached to an aromatic ring is 1. The van der Waals surface area contributed by atoms with Crippen LogP contribution in [-0.2, 0) is 26.5 Å². The summed E-state index contributed by atoms with van der Waals surface area (Å²) in [4.78, 5) is 57.4. The summed E-state index contributed by atoms with van der Waals surface area (Å²) < 4.78 is 12.5. The first-order valence-electron chi connectivity index (χ1n) is 18.9. The van der Waals surface area contributed by atoms with Gasteiger partial charge in [0.1, 0.15) is 5.75 Å². The summed E-state index contributed by atoms with van der Waals surface area (Å²) in [7, 11) is -1.02. The van der Waals surface area contributed by atoms with Gasteiger partial charge in [-0.2, -0.15) is 0 Å². The fourth-order valence-corrected chi connectivity index (χ4v) is 13.2. The number of nitro groups is 1. The number of carbonyl (C=O) groups is 3. The van der Waals surface area contributed by atoms with Crippen LogP contribution in [0.3, 0.4) is 0 Å². The molecule has 14 heteroatoms. The molecule has 292 valence electrons. The molecule has 0 saturated carbocycles. The van der Waals surface area contributed by atoms with Crippen molar-refractivity contribution in [2.24, 2.45) is 5.92 Å². The highest BCUT2D eigenvalue weighted by Crippen LogP contribution is 2.60. The largest absolute Gasteiger partial charge is 0.497 e. The number of nitrogens with one attached hydrogen (secondary N) is 1. The molecule has 0 aromatic heterocycles. The molecule has 3 aliphatic heterocycles. The van der Waals surface area contributed by atoms with Gasteiger partial charge in [-0.1, -0.05) is 49.5 Å². The molecule has 3 aliphatic rings. The van der Waals surface area contributed by atoms with Crippen LogP contribution in [-0.4, -0.2) is 73.1 Å². The Labute approximate surface area is 326 Å². The predicted octanol–water partition coefficient (Wildman–Crippen LogP) is 5.57. The minimum atomic E-state index is -2.62. The molecule has 0 unspecified atom stereocenters. The van der Waals surface area contributed by atoms with Gasteiger partial charge in [0, 0.05) is 47.1 Å². The normalized spacial score (nSPS) is 23.1. The van der Waals surface area contributed by atoms with Crippen LogP contribution in [0.2, 0.25) is 18.6 Å². The van der Waals surface area contributed by atoms with E-state index in [0.29, 0.717) is 52.5 Å². The Kier molecular flexibility index (Phi) is 10.5. The number of ether oxygens (including phenoxy) is 2. The number of fused-ring (bicyclic) bond motifs is 2. The number of amides is 3. The molecule has 2 saturated heterocycles. The number of methoxy groups -OCH3 is 1. The van der Waals surface area contributed by atoms with Gasteiger partial charge >= 0.3 is 0 Å². The van der Waals surface area contributed by atoms with Crippen molar-refractivity contribution in [3.05, 3.63) is 118 Å². The van der Waals surface area contributed by atoms with E-state index < -0.39 is 30.6 Å². The summed E-state index contributed by atoms with van der Waals surface area (Å²) in [5.41, 5.74) is 6.80. The lowest BCUT2D eigenvalue weighted by Crippen LogP contribution is -2.52. The van der Waals surface area contributed by atoms with Crippen LogP contribution in [0.25, 0.3) is 0 Å². The Hall–Kier alpha value is -5.57. The number of likely N-dealkylation sites (tertiary alicyclic amines) is 1. The van der Waals surface area contributed by atoms with Crippen LogP contribution in [0.5, 0.6) is 5.75 Å². The molecule has 3 amide bonds. The predicted molar refractivity (Wildman–Crippen MR) is 216 cm³/mol. The SMILES string of the molecule is COc1ccc([Si](C)(C)[C@@H]2[C@@H](CC(=O)N3CCC[C@H]3CO)O[C@]3(C(=O)N(Cc4cccc(NC(=O)c5ccc(N)cc5)c4)c4ccc([N+](=O)[O-])cc43)[C@H]2C)cc1. The summed E-state index contributed by atoms with van der Waals surface area (Å²) >= 11 is 0. The van der Waals surface area contributed by atoms with Crippen molar-refractivity contribution in [2.45, 2.75) is 69.1 Å². The standard InChI is InChI=1S/C42H47N5O8Si/c1-26-39(56(3,4)34-17-15-33(54-2)16-18-34)37(23-38(49)45-20-6-9-32(45)25-48)55-42(26)35-22-31(47(52)53)14-19-36(35)46(41(42)51)24-27-7-5-8-30(21-27)44-40(50)28-10-12-29(43)13-11-28/h5,7-8,10-19,21-22,26,32,37,39,48H,6,9,20,23-25,43H2,1-4H3,(H,44,50)/t26-,32-,37+,39-,42+/m0/s1. The van der Waals surface area contributed by atoms with E-state index in [9.17, 15) is 24.8 Å². The number of nitro benzene ring substituents is 1. The third-order valence-electron chi connectivity index (χ3n) is 12.0. The summed E-state index contributed by atoms with van der Waals surface area (Å²) in [5, 5.41) is 26.3. The van der Waals surface area contributed by atoms with Gasteiger partial charge in [0.2, 0.25) is 5.91 Å². The van der Waals surface area contributed by atoms with Gasteiger partial charge in [0.15, 0.2) is 5.60 Å². The van der Waals surface area contributed by atoms with Gasteiger partial charge in [0.25, 0.3) is 17.5 Å². The van der Waals surface area contributed by atoms with Crippen molar-refractivity contribution in [1.82, 2.24) is 4.90 Å². The third-order valence-corrected chi connectivity index (χ3v) is 16.4. The summed E-state index contributed by atoms with van der Waals surface area (Å²) in [6.07, 6.45) is 0.784. The highest BCUT2D eigenvalue weighted by atomic mass is 28.3. The maximum atomic E-state index is 15.3. The van der Waals surface area contributed by atoms with Gasteiger partial charge in [-0.15, -0.1) is 0 Å². The van der Waals surface area contributed by atoms with E-state index >= 15 is 4.79 Å². The molecule has 5 atom stereocenters. The summed E-state index contributed by atoms with van der Waals surface area (Å²) in [6, 6.07) is 25.8. The first-order chi connectivity index (χ1) is 26.8. The number of benzene rings is 4. The number of non-ortho nitro benzene ring substituents is 1. The average Bonchev–Trinajstić information content (AvgIpc) is 3.85. The number of nitrogens with two attached hydrogens (primary N) is 1. The number of rotatable bonds is 11. The zero-order valence-corrected chi connectivity index (χ0v) is 32.9.